The van der Waals surface area contributed by atoms with Crippen LogP contribution in [0.3, 0.4) is 0 Å². The Morgan fingerprint density at radius 3 is 2.83 bits per heavy atom. The number of nitrogens with one attached hydrogen (secondary N) is 1. The van der Waals surface area contributed by atoms with E-state index in [0.717, 1.165) is 25.2 Å². The van der Waals surface area contributed by atoms with E-state index in [0.29, 0.717) is 5.56 Å². The lowest BCUT2D eigenvalue weighted by atomic mass is 9.99. The summed E-state index contributed by atoms with van der Waals surface area (Å²) in [7, 11) is 0. The molecule has 4 rings (SSSR count). The highest BCUT2D eigenvalue weighted by Gasteiger charge is 2.25. The molecule has 3 aromatic carbocycles. The van der Waals surface area contributed by atoms with Gasteiger partial charge in [-0.2, -0.15) is 0 Å². The zero-order valence-electron chi connectivity index (χ0n) is 16.4. The summed E-state index contributed by atoms with van der Waals surface area (Å²) in [6.07, 6.45) is 0.790. The van der Waals surface area contributed by atoms with Crippen LogP contribution in [0.5, 0.6) is 0 Å². The van der Waals surface area contributed by atoms with Gasteiger partial charge in [0.05, 0.1) is 6.42 Å². The van der Waals surface area contributed by atoms with E-state index in [4.69, 9.17) is 5.11 Å². The number of halogens is 1. The van der Waals surface area contributed by atoms with Crippen LogP contribution in [-0.2, 0) is 11.2 Å². The zero-order valence-corrected chi connectivity index (χ0v) is 16.4. The average Bonchev–Trinajstić information content (AvgIpc) is 3.15. The van der Waals surface area contributed by atoms with Gasteiger partial charge < -0.3 is 15.3 Å². The number of hydrogen-bond donors (Lipinski definition) is 2. The average molecular weight is 392 g/mol. The van der Waals surface area contributed by atoms with E-state index in [1.165, 1.54) is 28.5 Å². The van der Waals surface area contributed by atoms with Gasteiger partial charge in [-0.15, -0.1) is 0 Å². The molecule has 1 aliphatic heterocycles. The van der Waals surface area contributed by atoms with Crippen molar-refractivity contribution in [3.05, 3.63) is 77.6 Å². The summed E-state index contributed by atoms with van der Waals surface area (Å²) in [5.41, 5.74) is 2.52. The Bertz CT molecular complexity index is 1030. The molecule has 3 aromatic rings. The number of carbonyl (C=O) groups is 1. The topological polar surface area (TPSA) is 52.6 Å². The molecule has 0 spiro atoms. The van der Waals surface area contributed by atoms with Crippen molar-refractivity contribution < 1.29 is 14.3 Å². The molecule has 4 nitrogen and oxygen atoms in total. The van der Waals surface area contributed by atoms with Crippen molar-refractivity contribution >= 4 is 22.4 Å². The van der Waals surface area contributed by atoms with E-state index in [9.17, 15) is 9.18 Å². The third kappa shape index (κ3) is 4.40. The van der Waals surface area contributed by atoms with Gasteiger partial charge in [0.2, 0.25) is 0 Å². The van der Waals surface area contributed by atoms with Crippen molar-refractivity contribution in [3.8, 4) is 0 Å². The Kier molecular flexibility index (Phi) is 5.49. The largest absolute Gasteiger partial charge is 0.481 e. The lowest BCUT2D eigenvalue weighted by Crippen LogP contribution is -2.34. The first-order valence-corrected chi connectivity index (χ1v) is 9.99. The fourth-order valence-electron chi connectivity index (χ4n) is 4.29. The SMILES string of the molecule is C[C@@H](N[C@H]1CCN(c2cc(F)cc(CC(=O)O)c2)C1)c1cccc2ccccc12. The van der Waals surface area contributed by atoms with Crippen molar-refractivity contribution in [2.45, 2.75) is 31.8 Å². The molecule has 0 unspecified atom stereocenters. The smallest absolute Gasteiger partial charge is 0.307 e. The molecule has 1 aliphatic rings. The molecular formula is C24H25FN2O2. The number of benzene rings is 3. The monoisotopic (exact) mass is 392 g/mol. The second-order valence-electron chi connectivity index (χ2n) is 7.78. The van der Waals surface area contributed by atoms with Gasteiger partial charge in [-0.05, 0) is 53.4 Å². The lowest BCUT2D eigenvalue weighted by Gasteiger charge is -2.23. The molecule has 0 aliphatic carbocycles. The van der Waals surface area contributed by atoms with E-state index in [1.54, 1.807) is 6.07 Å². The Hall–Kier alpha value is -2.92. The first-order chi connectivity index (χ1) is 14.0. The quantitative estimate of drug-likeness (QED) is 0.647. The van der Waals surface area contributed by atoms with Crippen LogP contribution in [-0.4, -0.2) is 30.2 Å². The minimum Gasteiger partial charge on any atom is -0.481 e. The molecule has 0 amide bonds. The van der Waals surface area contributed by atoms with Crippen LogP contribution in [0.25, 0.3) is 10.8 Å². The van der Waals surface area contributed by atoms with Crippen molar-refractivity contribution in [1.82, 2.24) is 5.32 Å². The van der Waals surface area contributed by atoms with Crippen LogP contribution in [0.4, 0.5) is 10.1 Å². The second-order valence-corrected chi connectivity index (χ2v) is 7.78. The van der Waals surface area contributed by atoms with Crippen molar-refractivity contribution in [2.75, 3.05) is 18.0 Å². The van der Waals surface area contributed by atoms with Crippen LogP contribution < -0.4 is 10.2 Å². The number of aliphatic carboxylic acids is 1. The number of hydrogen-bond acceptors (Lipinski definition) is 3. The highest BCUT2D eigenvalue weighted by Crippen LogP contribution is 2.27. The molecule has 0 radical (unpaired) electrons. The predicted molar refractivity (Wildman–Crippen MR) is 114 cm³/mol. The Morgan fingerprint density at radius 1 is 1.21 bits per heavy atom. The van der Waals surface area contributed by atoms with E-state index < -0.39 is 5.97 Å². The summed E-state index contributed by atoms with van der Waals surface area (Å²) in [6, 6.07) is 19.8. The number of rotatable bonds is 6. The minimum atomic E-state index is -0.952. The van der Waals surface area contributed by atoms with E-state index in [1.807, 2.05) is 0 Å². The van der Waals surface area contributed by atoms with Gasteiger partial charge in [0.15, 0.2) is 0 Å². The van der Waals surface area contributed by atoms with E-state index in [-0.39, 0.29) is 24.3 Å². The standard InChI is InChI=1S/C24H25FN2O2/c1-16(22-8-4-6-18-5-2-3-7-23(18)22)26-20-9-10-27(15-20)21-12-17(13-24(28)29)11-19(25)14-21/h2-8,11-12,14,16,20,26H,9-10,13,15H2,1H3,(H,28,29)/t16-,20+/m1/s1. The normalized spacial score (nSPS) is 17.6. The Balaban J connectivity index is 1.46. The van der Waals surface area contributed by atoms with E-state index in [2.05, 4.69) is 59.6 Å². The van der Waals surface area contributed by atoms with E-state index >= 15 is 0 Å². The van der Waals surface area contributed by atoms with Crippen LogP contribution in [0.15, 0.2) is 60.7 Å². The maximum atomic E-state index is 14.0. The maximum absolute atomic E-state index is 14.0. The molecule has 1 heterocycles. The van der Waals surface area contributed by atoms with Crippen molar-refractivity contribution in [3.63, 3.8) is 0 Å². The highest BCUT2D eigenvalue weighted by atomic mass is 19.1. The van der Waals surface area contributed by atoms with Crippen molar-refractivity contribution in [1.29, 1.82) is 0 Å². The second kappa shape index (κ2) is 8.21. The van der Waals surface area contributed by atoms with Gasteiger partial charge in [-0.25, -0.2) is 4.39 Å². The zero-order chi connectivity index (χ0) is 20.4. The molecule has 1 saturated heterocycles. The molecule has 1 fully saturated rings. The first kappa shape index (κ1) is 19.4. The lowest BCUT2D eigenvalue weighted by molar-refractivity contribution is -0.136. The van der Waals surface area contributed by atoms with Gasteiger partial charge in [-0.1, -0.05) is 42.5 Å². The summed E-state index contributed by atoms with van der Waals surface area (Å²) in [6.45, 7) is 3.76. The number of carboxylic acids is 1. The molecule has 0 bridgehead atoms. The molecule has 2 atom stereocenters. The van der Waals surface area contributed by atoms with Gasteiger partial charge in [0.1, 0.15) is 5.82 Å². The van der Waals surface area contributed by atoms with Gasteiger partial charge in [0, 0.05) is 30.9 Å². The summed E-state index contributed by atoms with van der Waals surface area (Å²) in [4.78, 5) is 13.1. The highest BCUT2D eigenvalue weighted by molar-refractivity contribution is 5.86. The molecule has 0 saturated carbocycles. The van der Waals surface area contributed by atoms with Crippen LogP contribution in [0.1, 0.15) is 30.5 Å². The predicted octanol–water partition coefficient (Wildman–Crippen LogP) is 4.54. The van der Waals surface area contributed by atoms with Crippen molar-refractivity contribution in [2.24, 2.45) is 0 Å². The third-order valence-electron chi connectivity index (χ3n) is 5.63. The summed E-state index contributed by atoms with van der Waals surface area (Å²) in [5, 5.41) is 15.2. The van der Waals surface area contributed by atoms with Crippen LogP contribution in [0.2, 0.25) is 0 Å². The van der Waals surface area contributed by atoms with Crippen LogP contribution in [0, 0.1) is 5.82 Å². The Labute approximate surface area is 170 Å². The number of anilines is 1. The molecule has 29 heavy (non-hydrogen) atoms. The van der Waals surface area contributed by atoms with Gasteiger partial charge in [-0.3, -0.25) is 4.79 Å². The summed E-state index contributed by atoms with van der Waals surface area (Å²) < 4.78 is 14.0. The maximum Gasteiger partial charge on any atom is 0.307 e. The first-order valence-electron chi connectivity index (χ1n) is 9.99. The fourth-order valence-corrected chi connectivity index (χ4v) is 4.29. The number of fused-ring (bicyclic) bond motifs is 1. The number of carboxylic acid groups (broad SMARTS) is 1. The fraction of sp³-hybridized carbons (Fsp3) is 0.292. The molecule has 5 heteroatoms. The third-order valence-corrected chi connectivity index (χ3v) is 5.63. The number of nitrogens with zero attached hydrogens (tertiary/aromatic N) is 1. The Morgan fingerprint density at radius 2 is 2.00 bits per heavy atom. The van der Waals surface area contributed by atoms with Crippen LogP contribution >= 0.6 is 0 Å². The minimum absolute atomic E-state index is 0.168. The van der Waals surface area contributed by atoms with Gasteiger partial charge >= 0.3 is 5.97 Å². The molecule has 2 N–H and O–H groups in total. The van der Waals surface area contributed by atoms with Gasteiger partial charge in [0.25, 0.3) is 0 Å². The molecule has 0 aromatic heterocycles. The molecular weight excluding hydrogens is 367 g/mol. The summed E-state index contributed by atoms with van der Waals surface area (Å²) in [5.74, 6) is -1.34. The summed E-state index contributed by atoms with van der Waals surface area (Å²) >= 11 is 0. The molecule has 150 valence electrons.